The Morgan fingerprint density at radius 3 is 2.52 bits per heavy atom. The molecule has 5 nitrogen and oxygen atoms in total. The van der Waals surface area contributed by atoms with Gasteiger partial charge in [-0.25, -0.2) is 0 Å². The minimum Gasteiger partial charge on any atom is -0.493 e. The fraction of sp³-hybridized carbons (Fsp3) is 0.375. The van der Waals surface area contributed by atoms with E-state index in [-0.39, 0.29) is 6.61 Å². The largest absolute Gasteiger partial charge is 0.493 e. The van der Waals surface area contributed by atoms with E-state index in [2.05, 4.69) is 29.2 Å². The lowest BCUT2D eigenvalue weighted by Crippen LogP contribution is -2.35. The molecule has 148 valence electrons. The van der Waals surface area contributed by atoms with Crippen molar-refractivity contribution in [3.63, 3.8) is 0 Å². The van der Waals surface area contributed by atoms with Gasteiger partial charge in [-0.1, -0.05) is 6.07 Å². The molecule has 2 aliphatic rings. The molecule has 2 aliphatic heterocycles. The number of ether oxygens (including phenoxy) is 3. The van der Waals surface area contributed by atoms with E-state index in [1.54, 1.807) is 14.2 Å². The molecule has 0 radical (unpaired) electrons. The second kappa shape index (κ2) is 7.13. The molecule has 0 bridgehead atoms. The van der Waals surface area contributed by atoms with Crippen LogP contribution in [0.1, 0.15) is 24.0 Å². The van der Waals surface area contributed by atoms with E-state index in [9.17, 15) is 0 Å². The number of nitrogens with zero attached hydrogens (tertiary/aromatic N) is 2. The third-order valence-corrected chi connectivity index (χ3v) is 6.42. The number of rotatable bonds is 4. The molecule has 1 fully saturated rings. The first-order valence-electron chi connectivity index (χ1n) is 10.1. The van der Waals surface area contributed by atoms with E-state index in [4.69, 9.17) is 19.5 Å². The maximum Gasteiger partial charge on any atom is 0.174 e. The summed E-state index contributed by atoms with van der Waals surface area (Å²) >= 11 is 0. The molecule has 5 rings (SSSR count). The summed E-state index contributed by atoms with van der Waals surface area (Å²) in [4.78, 5) is 2.62. The Labute approximate surface area is 170 Å². The molecule has 2 heterocycles. The summed E-state index contributed by atoms with van der Waals surface area (Å²) in [6, 6.07) is 13.1. The number of fused-ring (bicyclic) bond motifs is 7. The number of hydrogen-bond donors (Lipinski definition) is 0. The topological polar surface area (TPSA) is 54.7 Å². The van der Waals surface area contributed by atoms with Crippen LogP contribution in [-0.2, 0) is 13.0 Å². The third kappa shape index (κ3) is 2.87. The Kier molecular flexibility index (Phi) is 4.44. The Balaban J connectivity index is 1.82. The fourth-order valence-corrected chi connectivity index (χ4v) is 5.08. The standard InChI is InChI=1S/C24H24N2O3/c1-27-23-12-20-18-10-15-4-3-8-26(15)14-22(18)17-6-5-16(29-9-7-25)11-19(17)21(20)13-24(23)28-2/h5-6,11-13,15H,3-4,8-10,14H2,1-2H3/t15-/m1/s1. The summed E-state index contributed by atoms with van der Waals surface area (Å²) in [6.45, 7) is 2.21. The Morgan fingerprint density at radius 1 is 1.00 bits per heavy atom. The summed E-state index contributed by atoms with van der Waals surface area (Å²) < 4.78 is 16.8. The normalized spacial score (nSPS) is 18.3. The van der Waals surface area contributed by atoms with Crippen molar-refractivity contribution in [1.29, 1.82) is 5.26 Å². The van der Waals surface area contributed by atoms with Crippen molar-refractivity contribution in [3.8, 4) is 23.3 Å². The van der Waals surface area contributed by atoms with Crippen molar-refractivity contribution in [3.05, 3.63) is 41.5 Å². The summed E-state index contributed by atoms with van der Waals surface area (Å²) in [5.74, 6) is 2.19. The van der Waals surface area contributed by atoms with Gasteiger partial charge in [0.2, 0.25) is 0 Å². The molecule has 5 heteroatoms. The lowest BCUT2D eigenvalue weighted by molar-refractivity contribution is 0.229. The molecule has 0 spiro atoms. The van der Waals surface area contributed by atoms with Crippen LogP contribution >= 0.6 is 0 Å². The van der Waals surface area contributed by atoms with Gasteiger partial charge in [0.05, 0.1) is 14.2 Å². The summed E-state index contributed by atoms with van der Waals surface area (Å²) in [7, 11) is 3.35. The van der Waals surface area contributed by atoms with Gasteiger partial charge >= 0.3 is 0 Å². The van der Waals surface area contributed by atoms with Gasteiger partial charge in [0.25, 0.3) is 0 Å². The van der Waals surface area contributed by atoms with Gasteiger partial charge < -0.3 is 14.2 Å². The van der Waals surface area contributed by atoms with E-state index < -0.39 is 0 Å². The van der Waals surface area contributed by atoms with Crippen LogP contribution in [0.4, 0.5) is 0 Å². The minimum atomic E-state index is 0.0426. The molecule has 0 saturated carbocycles. The molecule has 0 amide bonds. The minimum absolute atomic E-state index is 0.0426. The second-order valence-electron chi connectivity index (χ2n) is 7.83. The Hall–Kier alpha value is -2.97. The van der Waals surface area contributed by atoms with E-state index in [1.807, 2.05) is 12.1 Å². The molecular weight excluding hydrogens is 364 g/mol. The van der Waals surface area contributed by atoms with Gasteiger partial charge in [0.1, 0.15) is 11.8 Å². The zero-order valence-corrected chi connectivity index (χ0v) is 16.8. The first-order chi connectivity index (χ1) is 14.2. The molecule has 0 aromatic heterocycles. The molecule has 1 saturated heterocycles. The van der Waals surface area contributed by atoms with E-state index in [1.165, 1.54) is 41.3 Å². The second-order valence-corrected chi connectivity index (χ2v) is 7.83. The van der Waals surface area contributed by atoms with Gasteiger partial charge in [-0.05, 0) is 82.7 Å². The highest BCUT2D eigenvalue weighted by molar-refractivity contribution is 6.12. The molecule has 3 aromatic carbocycles. The number of benzene rings is 3. The molecule has 1 atom stereocenters. The van der Waals surface area contributed by atoms with Crippen molar-refractivity contribution < 1.29 is 14.2 Å². The monoisotopic (exact) mass is 388 g/mol. The van der Waals surface area contributed by atoms with E-state index in [0.29, 0.717) is 11.8 Å². The van der Waals surface area contributed by atoms with Crippen LogP contribution in [0.3, 0.4) is 0 Å². The highest BCUT2D eigenvalue weighted by atomic mass is 16.5. The fourth-order valence-electron chi connectivity index (χ4n) is 5.08. The lowest BCUT2D eigenvalue weighted by atomic mass is 9.85. The van der Waals surface area contributed by atoms with Gasteiger partial charge in [-0.3, -0.25) is 4.90 Å². The number of hydrogen-bond acceptors (Lipinski definition) is 5. The van der Waals surface area contributed by atoms with Crippen LogP contribution in [0.5, 0.6) is 17.2 Å². The van der Waals surface area contributed by atoms with Crippen LogP contribution in [0, 0.1) is 11.3 Å². The summed E-state index contributed by atoms with van der Waals surface area (Å²) in [5, 5.41) is 13.6. The van der Waals surface area contributed by atoms with E-state index in [0.717, 1.165) is 35.2 Å². The molecule has 29 heavy (non-hydrogen) atoms. The predicted molar refractivity (Wildman–Crippen MR) is 113 cm³/mol. The zero-order valence-electron chi connectivity index (χ0n) is 16.8. The maximum atomic E-state index is 8.87. The quantitative estimate of drug-likeness (QED) is 0.619. The van der Waals surface area contributed by atoms with Crippen LogP contribution < -0.4 is 14.2 Å². The van der Waals surface area contributed by atoms with Gasteiger partial charge in [0.15, 0.2) is 18.1 Å². The maximum absolute atomic E-state index is 8.87. The molecule has 0 unspecified atom stereocenters. The van der Waals surface area contributed by atoms with Crippen molar-refractivity contribution in [2.45, 2.75) is 31.8 Å². The molecule has 0 N–H and O–H groups in total. The number of nitriles is 1. The van der Waals surface area contributed by atoms with Crippen LogP contribution in [-0.4, -0.2) is 38.3 Å². The molecule has 0 aliphatic carbocycles. The third-order valence-electron chi connectivity index (χ3n) is 6.42. The van der Waals surface area contributed by atoms with Gasteiger partial charge in [-0.15, -0.1) is 0 Å². The van der Waals surface area contributed by atoms with Crippen molar-refractivity contribution in [2.24, 2.45) is 0 Å². The average molecular weight is 388 g/mol. The Morgan fingerprint density at radius 2 is 1.76 bits per heavy atom. The van der Waals surface area contributed by atoms with Crippen LogP contribution in [0.25, 0.3) is 21.5 Å². The van der Waals surface area contributed by atoms with Crippen molar-refractivity contribution in [2.75, 3.05) is 27.4 Å². The zero-order chi connectivity index (χ0) is 20.0. The van der Waals surface area contributed by atoms with Gasteiger partial charge in [-0.2, -0.15) is 5.26 Å². The first kappa shape index (κ1) is 18.1. The lowest BCUT2D eigenvalue weighted by Gasteiger charge is -2.33. The summed E-state index contributed by atoms with van der Waals surface area (Å²) in [5.41, 5.74) is 2.84. The van der Waals surface area contributed by atoms with Crippen molar-refractivity contribution in [1.82, 2.24) is 4.90 Å². The van der Waals surface area contributed by atoms with Crippen LogP contribution in [0.2, 0.25) is 0 Å². The Bertz CT molecular complexity index is 1150. The van der Waals surface area contributed by atoms with E-state index >= 15 is 0 Å². The highest BCUT2D eigenvalue weighted by Crippen LogP contribution is 2.44. The predicted octanol–water partition coefficient (Wildman–Crippen LogP) is 4.43. The SMILES string of the molecule is COc1cc2c3c(c4ccc(OCC#N)cc4c2cc1OC)CN1CCC[C@@H]1C3. The molecule has 3 aromatic rings. The highest BCUT2D eigenvalue weighted by Gasteiger charge is 2.32. The summed E-state index contributed by atoms with van der Waals surface area (Å²) in [6.07, 6.45) is 3.62. The average Bonchev–Trinajstić information content (AvgIpc) is 3.23. The smallest absolute Gasteiger partial charge is 0.174 e. The van der Waals surface area contributed by atoms with Gasteiger partial charge in [0, 0.05) is 12.6 Å². The van der Waals surface area contributed by atoms with Crippen molar-refractivity contribution >= 4 is 21.5 Å². The first-order valence-corrected chi connectivity index (χ1v) is 10.1. The van der Waals surface area contributed by atoms with Crippen LogP contribution in [0.15, 0.2) is 30.3 Å². The molecular formula is C24H24N2O3. The number of methoxy groups -OCH3 is 2.